The minimum absolute atomic E-state index is 0.119. The molecule has 0 aliphatic heterocycles. The van der Waals surface area contributed by atoms with Crippen LogP contribution in [-0.2, 0) is 45.8 Å². The normalized spacial score (nSPS) is 18.5. The van der Waals surface area contributed by atoms with Gasteiger partial charge in [0.25, 0.3) is 0 Å². The SMILES string of the molecule is CCC[Si](C)(CCCOCC(O)C(C)O)OC.CC[Si](C)(CCCOCC(O)C(C)O)OC.CO[Si](C)(C)CCCOCC(O)C(C)O.CO[Si](C)(CCCOCC(O)C(C)O)CC(C)C.CO[Si](C)(O)CCCOCC(O)C(C)O. The Morgan fingerprint density at radius 3 is 0.840 bits per heavy atom. The summed E-state index contributed by atoms with van der Waals surface area (Å²) in [5.74, 6) is 0.666. The number of ether oxygens (including phenoxy) is 5. The monoisotopic (exact) mass is 1270 g/mol. The predicted octanol–water partition coefficient (Wildman–Crippen LogP) is 5.99. The van der Waals surface area contributed by atoms with Crippen molar-refractivity contribution in [1.82, 2.24) is 0 Å². The molecule has 81 heavy (non-hydrogen) atoms. The molecule has 26 heteroatoms. The first-order valence-corrected chi connectivity index (χ1v) is 43.8. The number of hydrogen-bond donors (Lipinski definition) is 11. The average Bonchev–Trinajstić information content (AvgIpc) is 3.40. The van der Waals surface area contributed by atoms with Crippen LogP contribution in [0.2, 0.25) is 87.6 Å². The van der Waals surface area contributed by atoms with E-state index < -0.39 is 103 Å². The molecule has 0 spiro atoms. The molecule has 11 N–H and O–H groups in total. The minimum atomic E-state index is -2.47. The lowest BCUT2D eigenvalue weighted by Crippen LogP contribution is -2.35. The number of aliphatic hydroxyl groups excluding tert-OH is 10. The second-order valence-electron chi connectivity index (χ2n) is 23.4. The Morgan fingerprint density at radius 1 is 0.333 bits per heavy atom. The van der Waals surface area contributed by atoms with Gasteiger partial charge in [0.1, 0.15) is 30.5 Å². The summed E-state index contributed by atoms with van der Waals surface area (Å²) < 4.78 is 53.6. The molecule has 14 atom stereocenters. The summed E-state index contributed by atoms with van der Waals surface area (Å²) in [6, 6.07) is 8.35. The van der Waals surface area contributed by atoms with Crippen molar-refractivity contribution in [3.63, 3.8) is 0 Å². The van der Waals surface area contributed by atoms with E-state index in [1.54, 1.807) is 55.6 Å². The molecule has 0 radical (unpaired) electrons. The molecule has 0 aromatic rings. The highest BCUT2D eigenvalue weighted by Crippen LogP contribution is 2.24. The van der Waals surface area contributed by atoms with Gasteiger partial charge in [-0.05, 0) is 160 Å². The van der Waals surface area contributed by atoms with Gasteiger partial charge in [-0.1, -0.05) is 34.1 Å². The molecule has 0 saturated carbocycles. The third-order valence-electron chi connectivity index (χ3n) is 14.0. The maximum absolute atomic E-state index is 9.59. The van der Waals surface area contributed by atoms with Crippen molar-refractivity contribution in [3.8, 4) is 0 Å². The van der Waals surface area contributed by atoms with Crippen LogP contribution in [0.15, 0.2) is 0 Å². The van der Waals surface area contributed by atoms with E-state index >= 15 is 0 Å². The van der Waals surface area contributed by atoms with Gasteiger partial charge in [-0.15, -0.1) is 0 Å². The Kier molecular flexibility index (Phi) is 59.2. The highest BCUT2D eigenvalue weighted by molar-refractivity contribution is 6.73. The minimum Gasteiger partial charge on any atom is -0.420 e. The second kappa shape index (κ2) is 53.3. The molecule has 0 aliphatic rings. The van der Waals surface area contributed by atoms with Crippen LogP contribution in [0.5, 0.6) is 0 Å². The van der Waals surface area contributed by atoms with Crippen LogP contribution in [-0.4, -0.2) is 260 Å². The van der Waals surface area contributed by atoms with Crippen LogP contribution in [0, 0.1) is 5.92 Å². The van der Waals surface area contributed by atoms with E-state index in [1.807, 2.05) is 7.11 Å². The van der Waals surface area contributed by atoms with E-state index in [1.165, 1.54) is 26.1 Å². The molecular formula is C55H130O21Si5. The van der Waals surface area contributed by atoms with Gasteiger partial charge in [0.2, 0.25) is 0 Å². The van der Waals surface area contributed by atoms with E-state index in [4.69, 9.17) is 71.3 Å². The molecule has 0 fully saturated rings. The molecule has 0 aromatic carbocycles. The molecule has 0 amide bonds. The fourth-order valence-corrected chi connectivity index (χ4v) is 16.8. The predicted molar refractivity (Wildman–Crippen MR) is 336 cm³/mol. The Balaban J connectivity index is -0.000000298. The Morgan fingerprint density at radius 2 is 0.605 bits per heavy atom. The van der Waals surface area contributed by atoms with E-state index in [-0.39, 0.29) is 33.0 Å². The second-order valence-corrected chi connectivity index (χ2v) is 44.2. The van der Waals surface area contributed by atoms with Crippen molar-refractivity contribution >= 4 is 41.8 Å². The van der Waals surface area contributed by atoms with Crippen molar-refractivity contribution in [3.05, 3.63) is 0 Å². The van der Waals surface area contributed by atoms with Crippen molar-refractivity contribution in [2.75, 3.05) is 102 Å². The Bertz CT molecular complexity index is 1310. The van der Waals surface area contributed by atoms with Gasteiger partial charge in [0.05, 0.1) is 63.6 Å². The average molecular weight is 1270 g/mol. The zero-order valence-corrected chi connectivity index (χ0v) is 59.8. The summed E-state index contributed by atoms with van der Waals surface area (Å²) in [5.41, 5.74) is 0. The fraction of sp³-hybridized carbons (Fsp3) is 1.00. The molecule has 0 aliphatic carbocycles. The maximum Gasteiger partial charge on any atom is 0.332 e. The lowest BCUT2D eigenvalue weighted by molar-refractivity contribution is -0.0303. The largest absolute Gasteiger partial charge is 0.420 e. The van der Waals surface area contributed by atoms with Crippen molar-refractivity contribution in [1.29, 1.82) is 0 Å². The molecule has 0 heterocycles. The molecule has 0 aromatic heterocycles. The first kappa shape index (κ1) is 90.0. The molecule has 0 bridgehead atoms. The highest BCUT2D eigenvalue weighted by Gasteiger charge is 2.29. The summed E-state index contributed by atoms with van der Waals surface area (Å²) in [6.45, 7) is 33.2. The first-order chi connectivity index (χ1) is 37.5. The van der Waals surface area contributed by atoms with Gasteiger partial charge in [-0.25, -0.2) is 0 Å². The van der Waals surface area contributed by atoms with Crippen LogP contribution < -0.4 is 0 Å². The summed E-state index contributed by atoms with van der Waals surface area (Å²) in [5, 5.41) is 91.6. The van der Waals surface area contributed by atoms with Crippen LogP contribution >= 0.6 is 0 Å². The van der Waals surface area contributed by atoms with E-state index in [2.05, 4.69) is 60.4 Å². The van der Waals surface area contributed by atoms with Gasteiger partial charge in [-0.3, -0.25) is 0 Å². The van der Waals surface area contributed by atoms with Gasteiger partial charge < -0.3 is 102 Å². The summed E-state index contributed by atoms with van der Waals surface area (Å²) in [4.78, 5) is 9.59. The molecule has 0 rings (SSSR count). The van der Waals surface area contributed by atoms with E-state index in [0.717, 1.165) is 62.3 Å². The maximum atomic E-state index is 9.59. The smallest absolute Gasteiger partial charge is 0.332 e. The van der Waals surface area contributed by atoms with Gasteiger partial charge in [-0.2, -0.15) is 0 Å². The highest BCUT2D eigenvalue weighted by atomic mass is 28.4. The number of hydrogen-bond acceptors (Lipinski definition) is 21. The summed E-state index contributed by atoms with van der Waals surface area (Å²) >= 11 is 0. The third kappa shape index (κ3) is 57.7. The van der Waals surface area contributed by atoms with Gasteiger partial charge in [0.15, 0.2) is 33.3 Å². The zero-order chi connectivity index (χ0) is 63.9. The van der Waals surface area contributed by atoms with Crippen molar-refractivity contribution < 1.29 is 102 Å². The summed E-state index contributed by atoms with van der Waals surface area (Å²) in [7, 11) is 0.145. The van der Waals surface area contributed by atoms with Crippen LogP contribution in [0.3, 0.4) is 0 Å². The van der Waals surface area contributed by atoms with Crippen molar-refractivity contribution in [2.24, 2.45) is 5.92 Å². The molecule has 21 nitrogen and oxygen atoms in total. The Labute approximate surface area is 498 Å². The fourth-order valence-electron chi connectivity index (χ4n) is 7.10. The van der Waals surface area contributed by atoms with Crippen LogP contribution in [0.4, 0.5) is 0 Å². The lowest BCUT2D eigenvalue weighted by atomic mass is 10.2. The van der Waals surface area contributed by atoms with Crippen molar-refractivity contribution in [2.45, 2.75) is 250 Å². The molecule has 496 valence electrons. The van der Waals surface area contributed by atoms with Crippen LogP contribution in [0.25, 0.3) is 0 Å². The van der Waals surface area contributed by atoms with E-state index in [9.17, 15) is 30.3 Å². The lowest BCUT2D eigenvalue weighted by Gasteiger charge is -2.27. The van der Waals surface area contributed by atoms with Crippen LogP contribution in [0.1, 0.15) is 101 Å². The number of aliphatic hydroxyl groups is 10. The number of rotatable bonds is 45. The quantitative estimate of drug-likeness (QED) is 0.0246. The third-order valence-corrected chi connectivity index (χ3v) is 30.8. The molecular weight excluding hydrogens is 1140 g/mol. The van der Waals surface area contributed by atoms with Gasteiger partial charge in [0, 0.05) is 68.6 Å². The first-order valence-electron chi connectivity index (χ1n) is 29.7. The summed E-state index contributed by atoms with van der Waals surface area (Å²) in [6.07, 6.45) is -1.99. The molecule has 0 saturated heterocycles. The topological polar surface area (TPSA) is 315 Å². The standard InChI is InChI=1S/C13H30O4Si.C12H28O4Si.C11H26O4Si.C10H24O4Si.C9H22O5Si/c1-11(2)10-18(5,16-4)8-6-7-17-9-13(15)12(3)14;1-5-8-17(4,15-3)9-6-7-16-10-12(14)11(2)13;1-5-16(4,14-3)8-6-7-15-9-11(13)10(2)12;1-9(11)10(12)8-14-6-5-7-15(3,4)13-2;1-8(10)9(11)7-14-5-4-6-15(3,12)13-2/h11-15H,6-10H2,1-5H3;11-14H,5-10H2,1-4H3;10-13H,5-9H2,1-4H3;9-12H,5-8H2,1-4H3;8-12H,4-7H2,1-3H3. The Hall–Kier alpha value is 0.244. The van der Waals surface area contributed by atoms with E-state index in [0.29, 0.717) is 51.4 Å². The van der Waals surface area contributed by atoms with Gasteiger partial charge >= 0.3 is 8.56 Å². The molecule has 14 unspecified atom stereocenters. The zero-order valence-electron chi connectivity index (χ0n) is 54.8.